The molecule has 15 heavy (non-hydrogen) atoms. The van der Waals surface area contributed by atoms with Gasteiger partial charge in [0.05, 0.1) is 11.7 Å². The summed E-state index contributed by atoms with van der Waals surface area (Å²) < 4.78 is 2.64. The Morgan fingerprint density at radius 3 is 2.40 bits per heavy atom. The zero-order valence-corrected chi connectivity index (χ0v) is 11.6. The molecule has 1 aromatic heterocycles. The molecule has 1 aromatic rings. The van der Waals surface area contributed by atoms with Crippen LogP contribution >= 0.6 is 15.9 Å². The van der Waals surface area contributed by atoms with E-state index in [0.717, 1.165) is 16.7 Å². The number of halogens is 1. The zero-order valence-electron chi connectivity index (χ0n) is 10.0. The monoisotopic (exact) mass is 274 g/mol. The van der Waals surface area contributed by atoms with Crippen LogP contribution in [0.25, 0.3) is 0 Å². The second-order valence-corrected chi connectivity index (χ2v) is 5.75. The molecule has 0 aliphatic heterocycles. The Morgan fingerprint density at radius 2 is 2.07 bits per heavy atom. The van der Waals surface area contributed by atoms with Crippen molar-refractivity contribution >= 4 is 15.9 Å². The Balaban J connectivity index is 2.93. The highest BCUT2D eigenvalue weighted by Crippen LogP contribution is 2.31. The van der Waals surface area contributed by atoms with Crippen LogP contribution in [0.4, 0.5) is 0 Å². The van der Waals surface area contributed by atoms with Crippen LogP contribution in [-0.4, -0.2) is 22.0 Å². The molecule has 0 aromatic carbocycles. The van der Waals surface area contributed by atoms with Crippen molar-refractivity contribution in [3.8, 4) is 0 Å². The molecule has 1 rings (SSSR count). The number of rotatable bonds is 3. The topological polar surface area (TPSA) is 42.7 Å². The summed E-state index contributed by atoms with van der Waals surface area (Å²) in [5, 5.41) is 11.3. The molecular formula is C10H19BrN4. The minimum absolute atomic E-state index is 0.275. The second kappa shape index (κ2) is 4.61. The van der Waals surface area contributed by atoms with Crippen LogP contribution in [0.2, 0.25) is 0 Å². The van der Waals surface area contributed by atoms with Gasteiger partial charge in [0.1, 0.15) is 0 Å². The SMILES string of the molecule is CNC(CC(C)(C)C)c1c(Br)nnn1C. The van der Waals surface area contributed by atoms with Gasteiger partial charge in [0.25, 0.3) is 0 Å². The van der Waals surface area contributed by atoms with E-state index in [1.807, 2.05) is 18.8 Å². The summed E-state index contributed by atoms with van der Waals surface area (Å²) in [4.78, 5) is 0. The normalized spacial score (nSPS) is 14.3. The maximum Gasteiger partial charge on any atom is 0.153 e. The van der Waals surface area contributed by atoms with E-state index in [0.29, 0.717) is 0 Å². The molecule has 0 saturated carbocycles. The van der Waals surface area contributed by atoms with Gasteiger partial charge in [-0.3, -0.25) is 0 Å². The highest BCUT2D eigenvalue weighted by molar-refractivity contribution is 9.10. The predicted octanol–water partition coefficient (Wildman–Crippen LogP) is 2.27. The van der Waals surface area contributed by atoms with Gasteiger partial charge in [-0.25, -0.2) is 4.68 Å². The lowest BCUT2D eigenvalue weighted by Gasteiger charge is -2.25. The van der Waals surface area contributed by atoms with Gasteiger partial charge >= 0.3 is 0 Å². The lowest BCUT2D eigenvalue weighted by molar-refractivity contribution is 0.312. The van der Waals surface area contributed by atoms with Crippen molar-refractivity contribution in [3.63, 3.8) is 0 Å². The first-order chi connectivity index (χ1) is 6.85. The number of hydrogen-bond donors (Lipinski definition) is 1. The molecule has 5 heteroatoms. The van der Waals surface area contributed by atoms with E-state index < -0.39 is 0 Å². The Hall–Kier alpha value is -0.420. The molecule has 0 aliphatic carbocycles. The summed E-state index contributed by atoms with van der Waals surface area (Å²) in [6, 6.07) is 0.277. The summed E-state index contributed by atoms with van der Waals surface area (Å²) in [7, 11) is 3.88. The molecule has 0 radical (unpaired) electrons. The van der Waals surface area contributed by atoms with E-state index in [1.165, 1.54) is 0 Å². The summed E-state index contributed by atoms with van der Waals surface area (Å²) in [5.41, 5.74) is 1.38. The molecule has 0 aliphatic rings. The Bertz CT molecular complexity index is 307. The number of aromatic nitrogens is 3. The fourth-order valence-corrected chi connectivity index (χ4v) is 2.26. The van der Waals surface area contributed by atoms with Crippen LogP contribution in [0, 0.1) is 5.41 Å². The van der Waals surface area contributed by atoms with Crippen LogP contribution in [0.5, 0.6) is 0 Å². The molecule has 1 atom stereocenters. The highest BCUT2D eigenvalue weighted by atomic mass is 79.9. The van der Waals surface area contributed by atoms with Crippen molar-refractivity contribution < 1.29 is 0 Å². The third-order valence-electron chi connectivity index (χ3n) is 2.32. The fourth-order valence-electron chi connectivity index (χ4n) is 1.66. The van der Waals surface area contributed by atoms with Gasteiger partial charge in [-0.2, -0.15) is 0 Å². The zero-order chi connectivity index (χ0) is 11.6. The van der Waals surface area contributed by atoms with Crippen molar-refractivity contribution in [2.75, 3.05) is 7.05 Å². The minimum atomic E-state index is 0.275. The largest absolute Gasteiger partial charge is 0.312 e. The van der Waals surface area contributed by atoms with E-state index in [2.05, 4.69) is 52.3 Å². The smallest absolute Gasteiger partial charge is 0.153 e. The van der Waals surface area contributed by atoms with Crippen LogP contribution in [-0.2, 0) is 7.05 Å². The van der Waals surface area contributed by atoms with Crippen molar-refractivity contribution in [1.82, 2.24) is 20.3 Å². The van der Waals surface area contributed by atoms with Gasteiger partial charge in [-0.1, -0.05) is 26.0 Å². The standard InChI is InChI=1S/C10H19BrN4/c1-10(2,3)6-7(12-4)8-9(11)13-14-15(8)5/h7,12H,6H2,1-5H3. The van der Waals surface area contributed by atoms with Gasteiger partial charge < -0.3 is 5.32 Å². The average Bonchev–Trinajstić information content (AvgIpc) is 2.41. The van der Waals surface area contributed by atoms with E-state index >= 15 is 0 Å². The molecule has 0 fully saturated rings. The summed E-state index contributed by atoms with van der Waals surface area (Å²) >= 11 is 3.43. The first-order valence-corrected chi connectivity index (χ1v) is 5.87. The van der Waals surface area contributed by atoms with Crippen molar-refractivity contribution in [2.24, 2.45) is 12.5 Å². The van der Waals surface area contributed by atoms with Gasteiger partial charge in [0.15, 0.2) is 4.60 Å². The quantitative estimate of drug-likeness (QED) is 0.920. The molecule has 1 unspecified atom stereocenters. The molecule has 0 spiro atoms. The average molecular weight is 275 g/mol. The van der Waals surface area contributed by atoms with Crippen molar-refractivity contribution in [1.29, 1.82) is 0 Å². The molecule has 86 valence electrons. The molecule has 1 heterocycles. The van der Waals surface area contributed by atoms with E-state index in [1.54, 1.807) is 0 Å². The number of hydrogen-bond acceptors (Lipinski definition) is 3. The van der Waals surface area contributed by atoms with Gasteiger partial charge in [0, 0.05) is 7.05 Å². The van der Waals surface area contributed by atoms with E-state index in [-0.39, 0.29) is 11.5 Å². The van der Waals surface area contributed by atoms with Gasteiger partial charge in [-0.05, 0) is 34.8 Å². The summed E-state index contributed by atoms with van der Waals surface area (Å²) in [6.45, 7) is 6.69. The van der Waals surface area contributed by atoms with Crippen LogP contribution in [0.3, 0.4) is 0 Å². The van der Waals surface area contributed by atoms with Gasteiger partial charge in [0.2, 0.25) is 0 Å². The van der Waals surface area contributed by atoms with E-state index in [4.69, 9.17) is 0 Å². The number of nitrogens with one attached hydrogen (secondary N) is 1. The number of nitrogens with zero attached hydrogens (tertiary/aromatic N) is 3. The van der Waals surface area contributed by atoms with Crippen molar-refractivity contribution in [2.45, 2.75) is 33.2 Å². The highest BCUT2D eigenvalue weighted by Gasteiger charge is 2.24. The lowest BCUT2D eigenvalue weighted by atomic mass is 9.87. The maximum absolute atomic E-state index is 4.00. The van der Waals surface area contributed by atoms with Crippen LogP contribution in [0.15, 0.2) is 4.60 Å². The Kier molecular flexibility index (Phi) is 3.89. The minimum Gasteiger partial charge on any atom is -0.312 e. The predicted molar refractivity (Wildman–Crippen MR) is 64.6 cm³/mol. The maximum atomic E-state index is 4.00. The fraction of sp³-hybridized carbons (Fsp3) is 0.800. The molecular weight excluding hydrogens is 256 g/mol. The van der Waals surface area contributed by atoms with Crippen molar-refractivity contribution in [3.05, 3.63) is 10.3 Å². The third-order valence-corrected chi connectivity index (χ3v) is 2.89. The van der Waals surface area contributed by atoms with Crippen LogP contribution in [0.1, 0.15) is 38.9 Å². The first-order valence-electron chi connectivity index (χ1n) is 5.07. The van der Waals surface area contributed by atoms with E-state index in [9.17, 15) is 0 Å². The van der Waals surface area contributed by atoms with Gasteiger partial charge in [-0.15, -0.1) is 5.10 Å². The summed E-state index contributed by atoms with van der Waals surface area (Å²) in [5.74, 6) is 0. The molecule has 0 saturated heterocycles. The third kappa shape index (κ3) is 3.28. The Morgan fingerprint density at radius 1 is 1.47 bits per heavy atom. The second-order valence-electron chi connectivity index (χ2n) is 5.00. The first kappa shape index (κ1) is 12.6. The molecule has 4 nitrogen and oxygen atoms in total. The Labute approximate surface area is 99.6 Å². The number of aryl methyl sites for hydroxylation is 1. The molecule has 1 N–H and O–H groups in total. The molecule has 0 amide bonds. The summed E-state index contributed by atoms with van der Waals surface area (Å²) in [6.07, 6.45) is 1.04. The van der Waals surface area contributed by atoms with Crippen LogP contribution < -0.4 is 5.32 Å². The lowest BCUT2D eigenvalue weighted by Crippen LogP contribution is -2.24. The molecule has 0 bridgehead atoms.